The molecule has 66 heavy (non-hydrogen) atoms. The van der Waals surface area contributed by atoms with Crippen molar-refractivity contribution in [2.24, 2.45) is 0 Å². The Labute approximate surface area is 373 Å². The van der Waals surface area contributed by atoms with Gasteiger partial charge in [0.15, 0.2) is 37.3 Å². The highest BCUT2D eigenvalue weighted by atomic mass is 16.8. The van der Waals surface area contributed by atoms with E-state index in [1.165, 1.54) is 30.3 Å². The van der Waals surface area contributed by atoms with Crippen molar-refractivity contribution in [1.82, 2.24) is 9.97 Å². The summed E-state index contributed by atoms with van der Waals surface area (Å²) in [5.74, 6) is -7.01. The number of imidazole rings is 1. The van der Waals surface area contributed by atoms with Gasteiger partial charge in [-0.15, -0.1) is 0 Å². The van der Waals surface area contributed by atoms with E-state index >= 15 is 0 Å². The summed E-state index contributed by atoms with van der Waals surface area (Å²) >= 11 is 0. The van der Waals surface area contributed by atoms with Crippen LogP contribution in [-0.4, -0.2) is 144 Å². The lowest BCUT2D eigenvalue weighted by Crippen LogP contribution is -2.67. The number of esters is 8. The van der Waals surface area contributed by atoms with Crippen LogP contribution in [0.5, 0.6) is 5.75 Å². The van der Waals surface area contributed by atoms with Crippen molar-refractivity contribution < 1.29 is 100 Å². The van der Waals surface area contributed by atoms with Gasteiger partial charge in [-0.1, -0.05) is 0 Å². The molecule has 3 aromatic rings. The third-order valence-corrected chi connectivity index (χ3v) is 9.29. The molecule has 1 aromatic heterocycles. The smallest absolute Gasteiger partial charge is 0.346 e. The monoisotopic (exact) mass is 931 g/mol. The SMILES string of the molecule is CC(=O)OC[C@H]1O[C@@H](O[C@H]2[C@H](OC(C)=O)[C@@H](OC(C)=O)[C@H](OC(=O)COc3ccc(-c4nc5ccc([N+](=O)[O-])cc5[nH]4)cc3)O[C@@H]2COC(C)=O)[C@H](OC(C)=O)[C@@H](OC(C)=O)[C@H]1OC(C)=O. The molecule has 0 spiro atoms. The normalized spacial score (nSPS) is 24.7. The number of H-pyrrole nitrogens is 1. The second-order valence-corrected chi connectivity index (χ2v) is 14.5. The van der Waals surface area contributed by atoms with Gasteiger partial charge in [0.2, 0.25) is 12.4 Å². The molecule has 0 amide bonds. The quantitative estimate of drug-likeness (QED) is 0.0871. The first-order valence-electron chi connectivity index (χ1n) is 19.8. The number of non-ortho nitro benzene ring substituents is 1. The van der Waals surface area contributed by atoms with E-state index in [-0.39, 0.29) is 11.4 Å². The number of carbonyl (C=O) groups excluding carboxylic acids is 8. The summed E-state index contributed by atoms with van der Waals surface area (Å²) in [7, 11) is 0. The highest BCUT2D eigenvalue weighted by molar-refractivity contribution is 5.81. The van der Waals surface area contributed by atoms with Crippen LogP contribution in [0.2, 0.25) is 0 Å². The molecule has 0 unspecified atom stereocenters. The van der Waals surface area contributed by atoms with Crippen molar-refractivity contribution in [3.63, 3.8) is 0 Å². The summed E-state index contributed by atoms with van der Waals surface area (Å²) in [5.41, 5.74) is 1.37. The van der Waals surface area contributed by atoms with Crippen molar-refractivity contribution >= 4 is 64.5 Å². The summed E-state index contributed by atoms with van der Waals surface area (Å²) in [5, 5.41) is 11.2. The van der Waals surface area contributed by atoms with Gasteiger partial charge in [0.05, 0.1) is 16.0 Å². The van der Waals surface area contributed by atoms with E-state index in [0.29, 0.717) is 22.4 Å². The number of aromatic nitrogens is 2. The topological polar surface area (TPSA) is 319 Å². The molecule has 5 rings (SSSR count). The third-order valence-electron chi connectivity index (χ3n) is 9.29. The van der Waals surface area contributed by atoms with Crippen molar-refractivity contribution in [2.45, 2.75) is 110 Å². The molecule has 356 valence electrons. The lowest BCUT2D eigenvalue weighted by Gasteiger charge is -2.48. The lowest BCUT2D eigenvalue weighted by atomic mass is 9.96. The molecule has 0 bridgehead atoms. The van der Waals surface area contributed by atoms with Crippen molar-refractivity contribution in [3.05, 3.63) is 52.6 Å². The predicted octanol–water partition coefficient (Wildman–Crippen LogP) is 1.68. The van der Waals surface area contributed by atoms with Gasteiger partial charge in [-0.25, -0.2) is 9.78 Å². The van der Waals surface area contributed by atoms with Gasteiger partial charge in [0, 0.05) is 66.2 Å². The van der Waals surface area contributed by atoms with Crippen LogP contribution < -0.4 is 4.74 Å². The molecular weight excluding hydrogens is 886 g/mol. The minimum atomic E-state index is -1.92. The summed E-state index contributed by atoms with van der Waals surface area (Å²) < 4.78 is 67.3. The molecule has 0 radical (unpaired) electrons. The fourth-order valence-corrected chi connectivity index (χ4v) is 6.83. The minimum Gasteiger partial charge on any atom is -0.482 e. The molecule has 2 aromatic carbocycles. The van der Waals surface area contributed by atoms with Gasteiger partial charge in [-0.2, -0.15) is 0 Å². The lowest BCUT2D eigenvalue weighted by molar-refractivity contribution is -0.384. The maximum atomic E-state index is 13.4. The Hall–Kier alpha value is -7.25. The predicted molar refractivity (Wildman–Crippen MR) is 213 cm³/mol. The van der Waals surface area contributed by atoms with Crippen LogP contribution in [-0.2, 0) is 90.5 Å². The number of nitro benzene ring substituents is 1. The Balaban J connectivity index is 1.42. The van der Waals surface area contributed by atoms with Crippen LogP contribution in [0, 0.1) is 10.1 Å². The molecule has 2 fully saturated rings. The summed E-state index contributed by atoms with van der Waals surface area (Å²) in [6.45, 7) is 4.96. The zero-order chi connectivity index (χ0) is 48.4. The molecule has 0 saturated carbocycles. The van der Waals surface area contributed by atoms with Crippen molar-refractivity contribution in [3.8, 4) is 17.1 Å². The van der Waals surface area contributed by atoms with Crippen LogP contribution >= 0.6 is 0 Å². The van der Waals surface area contributed by atoms with E-state index in [1.807, 2.05) is 0 Å². The van der Waals surface area contributed by atoms with Gasteiger partial charge in [-0.05, 0) is 30.3 Å². The van der Waals surface area contributed by atoms with E-state index in [4.69, 9.17) is 56.8 Å². The van der Waals surface area contributed by atoms with E-state index < -0.39 is 134 Å². The second kappa shape index (κ2) is 22.1. The van der Waals surface area contributed by atoms with Gasteiger partial charge < -0.3 is 61.8 Å². The Morgan fingerprint density at radius 2 is 1.09 bits per heavy atom. The summed E-state index contributed by atoms with van der Waals surface area (Å²) in [4.78, 5) is 118. The Morgan fingerprint density at radius 1 is 0.606 bits per heavy atom. The number of nitro groups is 1. The number of benzene rings is 2. The number of nitrogens with one attached hydrogen (secondary N) is 1. The number of hydrogen-bond acceptors (Lipinski definition) is 23. The highest BCUT2D eigenvalue weighted by Gasteiger charge is 2.58. The Morgan fingerprint density at radius 3 is 1.62 bits per heavy atom. The number of fused-ring (bicyclic) bond motifs is 1. The molecule has 10 atom stereocenters. The largest absolute Gasteiger partial charge is 0.482 e. The molecule has 2 aliphatic rings. The molecule has 3 heterocycles. The fourth-order valence-electron chi connectivity index (χ4n) is 6.83. The average Bonchev–Trinajstić information content (AvgIpc) is 3.66. The first-order chi connectivity index (χ1) is 31.2. The van der Waals surface area contributed by atoms with Crippen LogP contribution in [0.1, 0.15) is 48.5 Å². The van der Waals surface area contributed by atoms with Gasteiger partial charge in [0.25, 0.3) is 5.69 Å². The molecular formula is C41H45N3O22. The van der Waals surface area contributed by atoms with Crippen LogP contribution in [0.25, 0.3) is 22.4 Å². The molecule has 25 nitrogen and oxygen atoms in total. The first-order valence-corrected chi connectivity index (χ1v) is 19.8. The minimum absolute atomic E-state index is 0.121. The zero-order valence-corrected chi connectivity index (χ0v) is 36.3. The number of nitrogens with zero attached hydrogens (tertiary/aromatic N) is 2. The highest BCUT2D eigenvalue weighted by Crippen LogP contribution is 2.36. The van der Waals surface area contributed by atoms with Gasteiger partial charge >= 0.3 is 47.8 Å². The van der Waals surface area contributed by atoms with Crippen LogP contribution in [0.15, 0.2) is 42.5 Å². The number of aromatic amines is 1. The van der Waals surface area contributed by atoms with E-state index in [1.54, 1.807) is 12.1 Å². The number of ether oxygens (including phenoxy) is 12. The van der Waals surface area contributed by atoms with E-state index in [9.17, 15) is 48.5 Å². The molecule has 2 saturated heterocycles. The van der Waals surface area contributed by atoms with Crippen molar-refractivity contribution in [2.75, 3.05) is 19.8 Å². The van der Waals surface area contributed by atoms with Crippen molar-refractivity contribution in [1.29, 1.82) is 0 Å². The maximum absolute atomic E-state index is 13.4. The van der Waals surface area contributed by atoms with Gasteiger partial charge in [-0.3, -0.25) is 43.7 Å². The molecule has 25 heteroatoms. The molecule has 1 N–H and O–H groups in total. The summed E-state index contributed by atoms with van der Waals surface area (Å²) in [6.07, 6.45) is -17.4. The standard InChI is InChI=1S/C41H45N3O22/c1-18(45)55-15-30-33(58-20(3)47)35(59-21(4)48)38(62-24(7)51)41(64-30)66-34-31(16-56-19(2)46)63-40(37(61-23(6)50)36(34)60-22(5)49)65-32(52)17-57-27-11-8-25(9-12-27)39-42-28-13-10-26(44(53)54)14-29(28)43-39/h8-14,30-31,33-38,40-41H,15-17H2,1-7H3,(H,42,43)/t30-,31-,33+,34-,35+,36+,37-,38-,40+,41+/m1/s1. The average molecular weight is 932 g/mol. The van der Waals surface area contributed by atoms with E-state index in [2.05, 4.69) is 9.97 Å². The zero-order valence-electron chi connectivity index (χ0n) is 36.3. The van der Waals surface area contributed by atoms with E-state index in [0.717, 1.165) is 48.5 Å². The number of rotatable bonds is 17. The fraction of sp³-hybridized carbons (Fsp3) is 0.488. The summed E-state index contributed by atoms with van der Waals surface area (Å²) in [6, 6.07) is 10.4. The molecule has 0 aliphatic carbocycles. The second-order valence-electron chi connectivity index (χ2n) is 14.5. The number of hydrogen-bond donors (Lipinski definition) is 1. The Kier molecular flexibility index (Phi) is 16.7. The Bertz CT molecular complexity index is 2310. The maximum Gasteiger partial charge on any atom is 0.346 e. The first kappa shape index (κ1) is 49.8. The third kappa shape index (κ3) is 13.4. The van der Waals surface area contributed by atoms with Crippen LogP contribution in [0.3, 0.4) is 0 Å². The van der Waals surface area contributed by atoms with Gasteiger partial charge in [0.1, 0.15) is 43.1 Å². The number of carbonyl (C=O) groups is 8. The van der Waals surface area contributed by atoms with Crippen LogP contribution in [0.4, 0.5) is 5.69 Å². The molecule has 2 aliphatic heterocycles.